The van der Waals surface area contributed by atoms with Gasteiger partial charge in [0.2, 0.25) is 0 Å². The lowest BCUT2D eigenvalue weighted by molar-refractivity contribution is -0.139. The number of piperidine rings is 1. The van der Waals surface area contributed by atoms with Gasteiger partial charge in [-0.3, -0.25) is 9.89 Å². The van der Waals surface area contributed by atoms with Crippen molar-refractivity contribution in [3.05, 3.63) is 39.9 Å². The van der Waals surface area contributed by atoms with Crippen molar-refractivity contribution >= 4 is 29.1 Å². The second kappa shape index (κ2) is 7.68. The first-order valence-electron chi connectivity index (χ1n) is 9.34. The van der Waals surface area contributed by atoms with Crippen molar-refractivity contribution < 1.29 is 9.53 Å². The number of H-pyrrole nitrogens is 1. The van der Waals surface area contributed by atoms with Crippen LogP contribution >= 0.6 is 23.2 Å². The smallest absolute Gasteiger partial charge is 0.263 e. The maximum absolute atomic E-state index is 12.7. The molecule has 6 nitrogen and oxygen atoms in total. The second-order valence-electron chi connectivity index (χ2n) is 7.29. The fraction of sp³-hybridized carbons (Fsp3) is 0.526. The number of aromatic amines is 1. The summed E-state index contributed by atoms with van der Waals surface area (Å²) in [5, 5.41) is 8.36. The Labute approximate surface area is 168 Å². The molecule has 2 fully saturated rings. The van der Waals surface area contributed by atoms with Gasteiger partial charge in [-0.15, -0.1) is 0 Å². The molecule has 1 atom stereocenters. The Morgan fingerprint density at radius 3 is 2.63 bits per heavy atom. The van der Waals surface area contributed by atoms with E-state index in [1.807, 2.05) is 4.90 Å². The van der Waals surface area contributed by atoms with Crippen LogP contribution in [0.15, 0.2) is 18.2 Å². The van der Waals surface area contributed by atoms with Gasteiger partial charge in [-0.25, -0.2) is 4.98 Å². The third kappa shape index (κ3) is 4.22. The van der Waals surface area contributed by atoms with E-state index in [0.717, 1.165) is 24.5 Å². The molecule has 0 radical (unpaired) electrons. The molecular weight excluding hydrogens is 387 g/mol. The van der Waals surface area contributed by atoms with E-state index in [0.29, 0.717) is 40.7 Å². The predicted molar refractivity (Wildman–Crippen MR) is 103 cm³/mol. The molecule has 1 aliphatic carbocycles. The van der Waals surface area contributed by atoms with Crippen LogP contribution in [0.5, 0.6) is 5.75 Å². The summed E-state index contributed by atoms with van der Waals surface area (Å²) in [6.07, 6.45) is 3.53. The van der Waals surface area contributed by atoms with Gasteiger partial charge in [-0.05, 0) is 50.8 Å². The molecule has 1 unspecified atom stereocenters. The number of aromatic nitrogens is 3. The highest BCUT2D eigenvalue weighted by Crippen LogP contribution is 2.38. The number of rotatable bonds is 5. The van der Waals surface area contributed by atoms with E-state index in [2.05, 4.69) is 15.2 Å². The minimum atomic E-state index is -0.605. The molecule has 2 aromatic rings. The Kier molecular flexibility index (Phi) is 5.28. The molecule has 2 aliphatic rings. The van der Waals surface area contributed by atoms with Crippen LogP contribution in [0.25, 0.3) is 0 Å². The van der Waals surface area contributed by atoms with E-state index >= 15 is 0 Å². The summed E-state index contributed by atoms with van der Waals surface area (Å²) in [6, 6.07) is 4.98. The van der Waals surface area contributed by atoms with Gasteiger partial charge in [0, 0.05) is 29.9 Å². The SMILES string of the molecule is CC(Oc1ccc(Cl)cc1Cl)C(=O)N1CCC(c2nc(C3CC3)n[nH]2)CC1. The van der Waals surface area contributed by atoms with Crippen LogP contribution in [-0.4, -0.2) is 45.2 Å². The van der Waals surface area contributed by atoms with Gasteiger partial charge >= 0.3 is 0 Å². The number of hydrogen-bond acceptors (Lipinski definition) is 4. The van der Waals surface area contributed by atoms with Gasteiger partial charge in [0.1, 0.15) is 11.6 Å². The van der Waals surface area contributed by atoms with Gasteiger partial charge < -0.3 is 9.64 Å². The molecule has 2 heterocycles. The molecule has 4 rings (SSSR count). The molecule has 144 valence electrons. The van der Waals surface area contributed by atoms with E-state index < -0.39 is 6.10 Å². The molecule has 1 N–H and O–H groups in total. The van der Waals surface area contributed by atoms with E-state index in [4.69, 9.17) is 27.9 Å². The Balaban J connectivity index is 1.32. The van der Waals surface area contributed by atoms with Gasteiger partial charge in [0.25, 0.3) is 5.91 Å². The molecule has 27 heavy (non-hydrogen) atoms. The largest absolute Gasteiger partial charge is 0.479 e. The maximum atomic E-state index is 12.7. The van der Waals surface area contributed by atoms with E-state index in [1.165, 1.54) is 12.8 Å². The number of nitrogens with one attached hydrogen (secondary N) is 1. The van der Waals surface area contributed by atoms with Crippen molar-refractivity contribution in [2.24, 2.45) is 0 Å². The fourth-order valence-electron chi connectivity index (χ4n) is 3.44. The van der Waals surface area contributed by atoms with E-state index in [9.17, 15) is 4.79 Å². The van der Waals surface area contributed by atoms with Crippen LogP contribution in [0.3, 0.4) is 0 Å². The zero-order chi connectivity index (χ0) is 19.0. The number of halogens is 2. The van der Waals surface area contributed by atoms with Crippen molar-refractivity contribution in [3.63, 3.8) is 0 Å². The molecule has 1 aromatic heterocycles. The number of carbonyl (C=O) groups excluding carboxylic acids is 1. The van der Waals surface area contributed by atoms with Crippen LogP contribution in [0.2, 0.25) is 10.0 Å². The number of carbonyl (C=O) groups is 1. The highest BCUT2D eigenvalue weighted by molar-refractivity contribution is 6.35. The molecule has 1 saturated carbocycles. The number of likely N-dealkylation sites (tertiary alicyclic amines) is 1. The predicted octanol–water partition coefficient (Wildman–Crippen LogP) is 4.16. The Morgan fingerprint density at radius 1 is 1.22 bits per heavy atom. The maximum Gasteiger partial charge on any atom is 0.263 e. The number of amides is 1. The highest BCUT2D eigenvalue weighted by atomic mass is 35.5. The molecule has 1 aromatic carbocycles. The van der Waals surface area contributed by atoms with E-state index in [1.54, 1.807) is 25.1 Å². The van der Waals surface area contributed by atoms with Crippen molar-refractivity contribution in [3.8, 4) is 5.75 Å². The summed E-state index contributed by atoms with van der Waals surface area (Å²) in [5.41, 5.74) is 0. The first-order valence-corrected chi connectivity index (χ1v) is 10.1. The van der Waals surface area contributed by atoms with Gasteiger partial charge in [0.15, 0.2) is 11.9 Å². The normalized spacial score (nSPS) is 19.1. The van der Waals surface area contributed by atoms with Crippen molar-refractivity contribution in [2.75, 3.05) is 13.1 Å². The van der Waals surface area contributed by atoms with Crippen molar-refractivity contribution in [2.45, 2.75) is 50.5 Å². The lowest BCUT2D eigenvalue weighted by Crippen LogP contribution is -2.44. The summed E-state index contributed by atoms with van der Waals surface area (Å²) >= 11 is 12.0. The summed E-state index contributed by atoms with van der Waals surface area (Å²) < 4.78 is 5.75. The molecule has 0 bridgehead atoms. The highest BCUT2D eigenvalue weighted by Gasteiger charge is 2.32. The minimum Gasteiger partial charge on any atom is -0.479 e. The summed E-state index contributed by atoms with van der Waals surface area (Å²) in [5.74, 6) is 3.22. The topological polar surface area (TPSA) is 71.1 Å². The minimum absolute atomic E-state index is 0.0318. The van der Waals surface area contributed by atoms with Gasteiger partial charge in [-0.1, -0.05) is 23.2 Å². The fourth-order valence-corrected chi connectivity index (χ4v) is 3.89. The number of nitrogens with zero attached hydrogens (tertiary/aromatic N) is 3. The molecule has 8 heteroatoms. The molecule has 1 aliphatic heterocycles. The molecule has 1 saturated heterocycles. The number of ether oxygens (including phenoxy) is 1. The van der Waals surface area contributed by atoms with Crippen LogP contribution < -0.4 is 4.74 Å². The van der Waals surface area contributed by atoms with Crippen LogP contribution in [0.1, 0.15) is 56.1 Å². The number of benzene rings is 1. The summed E-state index contributed by atoms with van der Waals surface area (Å²) in [4.78, 5) is 19.2. The van der Waals surface area contributed by atoms with Crippen LogP contribution in [0.4, 0.5) is 0 Å². The average molecular weight is 409 g/mol. The van der Waals surface area contributed by atoms with E-state index in [-0.39, 0.29) is 5.91 Å². The lowest BCUT2D eigenvalue weighted by atomic mass is 9.96. The lowest BCUT2D eigenvalue weighted by Gasteiger charge is -2.32. The molecular formula is C19H22Cl2N4O2. The number of hydrogen-bond donors (Lipinski definition) is 1. The standard InChI is InChI=1S/C19H22Cl2N4O2/c1-11(27-16-5-4-14(20)10-15(16)21)19(26)25-8-6-13(7-9-25)18-22-17(23-24-18)12-2-3-12/h4-5,10-13H,2-3,6-9H2,1H3,(H,22,23,24). The quantitative estimate of drug-likeness (QED) is 0.805. The summed E-state index contributed by atoms with van der Waals surface area (Å²) in [7, 11) is 0. The van der Waals surface area contributed by atoms with Gasteiger partial charge in [-0.2, -0.15) is 5.10 Å². The summed E-state index contributed by atoms with van der Waals surface area (Å²) in [6.45, 7) is 3.12. The Bertz CT molecular complexity index is 829. The van der Waals surface area contributed by atoms with Gasteiger partial charge in [0.05, 0.1) is 5.02 Å². The first-order chi connectivity index (χ1) is 13.0. The average Bonchev–Trinajstić information content (AvgIpc) is 3.40. The monoisotopic (exact) mass is 408 g/mol. The molecule has 1 amide bonds. The van der Waals surface area contributed by atoms with Crippen molar-refractivity contribution in [1.82, 2.24) is 20.1 Å². The zero-order valence-electron chi connectivity index (χ0n) is 15.1. The first kappa shape index (κ1) is 18.6. The second-order valence-corrected chi connectivity index (χ2v) is 8.13. The van der Waals surface area contributed by atoms with Crippen LogP contribution in [-0.2, 0) is 4.79 Å². The molecule has 0 spiro atoms. The zero-order valence-corrected chi connectivity index (χ0v) is 16.6. The Hall–Kier alpha value is -1.79. The Morgan fingerprint density at radius 2 is 1.96 bits per heavy atom. The van der Waals surface area contributed by atoms with Crippen LogP contribution in [0, 0.1) is 0 Å². The third-order valence-electron chi connectivity index (χ3n) is 5.20. The van der Waals surface area contributed by atoms with Crippen molar-refractivity contribution in [1.29, 1.82) is 0 Å². The third-order valence-corrected chi connectivity index (χ3v) is 5.73.